The molecule has 0 atom stereocenters. The Bertz CT molecular complexity index is 477. The van der Waals surface area contributed by atoms with Gasteiger partial charge in [0.25, 0.3) is 0 Å². The molecular weight excluding hydrogens is 202 g/mol. The molecule has 0 saturated heterocycles. The molecule has 0 fully saturated rings. The number of hydrogen-bond acceptors (Lipinski definition) is 1. The first-order valence-corrected chi connectivity index (χ1v) is 6.10. The Hall–Kier alpha value is -1.02. The maximum absolute atomic E-state index is 2.23. The Labute approximate surface area is 95.1 Å². The van der Waals surface area contributed by atoms with Gasteiger partial charge in [-0.2, -0.15) is 0 Å². The Morgan fingerprint density at radius 2 is 1.87 bits per heavy atom. The normalized spacial score (nSPS) is 11.2. The van der Waals surface area contributed by atoms with E-state index in [-0.39, 0.29) is 0 Å². The Balaban J connectivity index is 2.61. The minimum absolute atomic E-state index is 0.626. The van der Waals surface area contributed by atoms with Gasteiger partial charge in [-0.05, 0) is 6.07 Å². The molecule has 1 aromatic carbocycles. The van der Waals surface area contributed by atoms with Gasteiger partial charge in [0.1, 0.15) is 7.05 Å². The molecule has 0 radical (unpaired) electrons. The van der Waals surface area contributed by atoms with E-state index >= 15 is 0 Å². The van der Waals surface area contributed by atoms with Crippen LogP contribution in [0.15, 0.2) is 41.4 Å². The minimum Gasteiger partial charge on any atom is -0.201 e. The number of nitrogens with zero attached hydrogens (tertiary/aromatic N) is 1. The molecule has 1 heterocycles. The maximum Gasteiger partial charge on any atom is 0.213 e. The van der Waals surface area contributed by atoms with Crippen LogP contribution in [-0.4, -0.2) is 5.25 Å². The third-order valence-electron chi connectivity index (χ3n) is 2.36. The summed E-state index contributed by atoms with van der Waals surface area (Å²) in [6.07, 6.45) is 2.13. The van der Waals surface area contributed by atoms with Crippen LogP contribution in [0, 0.1) is 0 Å². The van der Waals surface area contributed by atoms with Crippen molar-refractivity contribution in [2.75, 3.05) is 0 Å². The fourth-order valence-electron chi connectivity index (χ4n) is 1.70. The first-order valence-electron chi connectivity index (χ1n) is 5.22. The summed E-state index contributed by atoms with van der Waals surface area (Å²) in [5, 5.41) is 1.97. The van der Waals surface area contributed by atoms with Crippen molar-refractivity contribution in [3.05, 3.63) is 36.5 Å². The van der Waals surface area contributed by atoms with Gasteiger partial charge in [-0.25, -0.2) is 4.57 Å². The highest BCUT2D eigenvalue weighted by molar-refractivity contribution is 8.00. The highest BCUT2D eigenvalue weighted by atomic mass is 32.2. The number of para-hydroxylation sites is 1. The van der Waals surface area contributed by atoms with E-state index in [4.69, 9.17) is 0 Å². The zero-order chi connectivity index (χ0) is 10.8. The first-order chi connectivity index (χ1) is 7.18. The zero-order valence-electron chi connectivity index (χ0n) is 9.40. The lowest BCUT2D eigenvalue weighted by atomic mass is 10.2. The van der Waals surface area contributed by atoms with Crippen LogP contribution in [0.4, 0.5) is 0 Å². The summed E-state index contributed by atoms with van der Waals surface area (Å²) in [5.41, 5.74) is 1.29. The number of hydrogen-bond donors (Lipinski definition) is 0. The van der Waals surface area contributed by atoms with Gasteiger partial charge in [0.15, 0.2) is 6.20 Å². The molecule has 0 N–H and O–H groups in total. The highest BCUT2D eigenvalue weighted by Crippen LogP contribution is 2.28. The van der Waals surface area contributed by atoms with Crippen LogP contribution >= 0.6 is 11.8 Å². The van der Waals surface area contributed by atoms with Gasteiger partial charge in [0.05, 0.1) is 5.39 Å². The van der Waals surface area contributed by atoms with Crippen LogP contribution in [0.25, 0.3) is 10.9 Å². The van der Waals surface area contributed by atoms with Crippen LogP contribution in [0.5, 0.6) is 0 Å². The van der Waals surface area contributed by atoms with Gasteiger partial charge in [0.2, 0.25) is 5.52 Å². The van der Waals surface area contributed by atoms with E-state index in [0.29, 0.717) is 5.25 Å². The van der Waals surface area contributed by atoms with Crippen LogP contribution in [-0.2, 0) is 7.05 Å². The van der Waals surface area contributed by atoms with Crippen molar-refractivity contribution in [2.24, 2.45) is 7.05 Å². The summed E-state index contributed by atoms with van der Waals surface area (Å²) in [5.74, 6) is 0. The van der Waals surface area contributed by atoms with Gasteiger partial charge in [-0.15, -0.1) is 11.8 Å². The Morgan fingerprint density at radius 1 is 1.13 bits per heavy atom. The van der Waals surface area contributed by atoms with Crippen LogP contribution in [0.3, 0.4) is 0 Å². The number of thioether (sulfide) groups is 1. The Morgan fingerprint density at radius 3 is 2.60 bits per heavy atom. The molecule has 2 aromatic rings. The number of pyridine rings is 1. The molecule has 0 amide bonds. The molecule has 1 nitrogen and oxygen atoms in total. The van der Waals surface area contributed by atoms with E-state index in [9.17, 15) is 0 Å². The summed E-state index contributed by atoms with van der Waals surface area (Å²) in [7, 11) is 2.09. The van der Waals surface area contributed by atoms with E-state index in [1.165, 1.54) is 15.8 Å². The molecule has 0 unspecified atom stereocenters. The average Bonchev–Trinajstić information content (AvgIpc) is 2.22. The van der Waals surface area contributed by atoms with Gasteiger partial charge in [0, 0.05) is 22.3 Å². The van der Waals surface area contributed by atoms with E-state index in [1.54, 1.807) is 0 Å². The Kier molecular flexibility index (Phi) is 2.96. The van der Waals surface area contributed by atoms with Gasteiger partial charge < -0.3 is 0 Å². The monoisotopic (exact) mass is 218 g/mol. The topological polar surface area (TPSA) is 3.88 Å². The molecule has 1 aromatic heterocycles. The van der Waals surface area contributed by atoms with E-state index in [1.807, 2.05) is 11.8 Å². The van der Waals surface area contributed by atoms with E-state index in [0.717, 1.165) is 0 Å². The molecule has 0 aliphatic rings. The standard InChI is InChI=1S/C13H16NS/c1-10(2)15-13-8-9-14(3)12-7-5-4-6-11(12)13/h4-10H,1-3H3/q+1. The lowest BCUT2D eigenvalue weighted by Gasteiger charge is -2.06. The minimum atomic E-state index is 0.626. The number of benzene rings is 1. The van der Waals surface area contributed by atoms with Crippen molar-refractivity contribution >= 4 is 22.7 Å². The summed E-state index contributed by atoms with van der Waals surface area (Å²) in [6.45, 7) is 4.46. The lowest BCUT2D eigenvalue weighted by molar-refractivity contribution is -0.645. The molecule has 15 heavy (non-hydrogen) atoms. The SMILES string of the molecule is CC(C)Sc1cc[n+](C)c2ccccc12. The van der Waals surface area contributed by atoms with Crippen molar-refractivity contribution in [3.63, 3.8) is 0 Å². The number of aromatic nitrogens is 1. The quantitative estimate of drug-likeness (QED) is 0.553. The fraction of sp³-hybridized carbons (Fsp3) is 0.308. The van der Waals surface area contributed by atoms with Gasteiger partial charge in [-0.1, -0.05) is 26.0 Å². The van der Waals surface area contributed by atoms with Gasteiger partial charge in [-0.3, -0.25) is 0 Å². The largest absolute Gasteiger partial charge is 0.213 e. The summed E-state index contributed by atoms with van der Waals surface area (Å²) < 4.78 is 2.17. The fourth-order valence-corrected chi connectivity index (χ4v) is 2.64. The molecule has 0 aliphatic heterocycles. The average molecular weight is 218 g/mol. The second kappa shape index (κ2) is 4.23. The number of rotatable bonds is 2. The van der Waals surface area contributed by atoms with Gasteiger partial charge >= 0.3 is 0 Å². The summed E-state index contributed by atoms with van der Waals surface area (Å²) in [6, 6.07) is 10.8. The first kappa shape index (κ1) is 10.5. The third kappa shape index (κ3) is 2.15. The third-order valence-corrected chi connectivity index (χ3v) is 3.44. The molecular formula is C13H16NS+. The van der Waals surface area contributed by atoms with Crippen molar-refractivity contribution in [1.29, 1.82) is 0 Å². The van der Waals surface area contributed by atoms with Crippen LogP contribution in [0.1, 0.15) is 13.8 Å². The zero-order valence-corrected chi connectivity index (χ0v) is 10.2. The van der Waals surface area contributed by atoms with Crippen molar-refractivity contribution < 1.29 is 4.57 Å². The second-order valence-corrected chi connectivity index (χ2v) is 5.59. The van der Waals surface area contributed by atoms with E-state index < -0.39 is 0 Å². The molecule has 2 heteroatoms. The predicted molar refractivity (Wildman–Crippen MR) is 66.1 cm³/mol. The molecule has 0 spiro atoms. The molecule has 0 aliphatic carbocycles. The van der Waals surface area contributed by atoms with Crippen molar-refractivity contribution in [3.8, 4) is 0 Å². The molecule has 0 bridgehead atoms. The maximum atomic E-state index is 2.23. The van der Waals surface area contributed by atoms with Crippen molar-refractivity contribution in [1.82, 2.24) is 0 Å². The van der Waals surface area contributed by atoms with Crippen molar-refractivity contribution in [2.45, 2.75) is 24.0 Å². The number of fused-ring (bicyclic) bond motifs is 1. The number of aryl methyl sites for hydroxylation is 1. The summed E-state index contributed by atoms with van der Waals surface area (Å²) in [4.78, 5) is 1.37. The summed E-state index contributed by atoms with van der Waals surface area (Å²) >= 11 is 1.92. The van der Waals surface area contributed by atoms with Crippen LogP contribution in [0.2, 0.25) is 0 Å². The predicted octanol–water partition coefficient (Wildman–Crippen LogP) is 3.16. The highest BCUT2D eigenvalue weighted by Gasteiger charge is 2.09. The van der Waals surface area contributed by atoms with Crippen LogP contribution < -0.4 is 4.57 Å². The molecule has 2 rings (SSSR count). The lowest BCUT2D eigenvalue weighted by Crippen LogP contribution is -2.28. The smallest absolute Gasteiger partial charge is 0.201 e. The molecule has 0 saturated carbocycles. The molecule has 78 valence electrons. The van der Waals surface area contributed by atoms with E-state index in [2.05, 4.69) is 62.0 Å². The second-order valence-electron chi connectivity index (χ2n) is 3.97.